The fraction of sp³-hybridized carbons (Fsp3) is 0.419. The summed E-state index contributed by atoms with van der Waals surface area (Å²) in [5, 5.41) is 6.02. The SMILES string of the molecule is CC(C)n1c2ccc(C(=O)/C(=N/OC(=O)N3CCCC3)C(F)(F)F)cc2c2cc(C(=O)/C(=N/OC(=O)N3CCCC3)C(F)(F)F)ccc21. The molecule has 2 aliphatic heterocycles. The second kappa shape index (κ2) is 13.3. The molecule has 1 aromatic heterocycles. The second-order valence-electron chi connectivity index (χ2n) is 11.6. The van der Waals surface area contributed by atoms with Crippen LogP contribution in [0.25, 0.3) is 21.8 Å². The lowest BCUT2D eigenvalue weighted by molar-refractivity contribution is -0.0617. The molecule has 0 atom stereocenters. The third-order valence-electron chi connectivity index (χ3n) is 7.97. The summed E-state index contributed by atoms with van der Waals surface area (Å²) in [7, 11) is 0. The Hall–Kier alpha value is -4.96. The molecule has 2 fully saturated rings. The number of alkyl halides is 6. The summed E-state index contributed by atoms with van der Waals surface area (Å²) in [5.74, 6) is -3.25. The Morgan fingerprint density at radius 3 is 1.31 bits per heavy atom. The third kappa shape index (κ3) is 6.99. The maximum Gasteiger partial charge on any atom is 0.440 e. The molecule has 2 aliphatic rings. The van der Waals surface area contributed by atoms with Gasteiger partial charge in [-0.05, 0) is 75.9 Å². The fourth-order valence-electron chi connectivity index (χ4n) is 5.69. The molecule has 2 saturated heterocycles. The number of amides is 2. The number of aromatic nitrogens is 1. The van der Waals surface area contributed by atoms with Crippen molar-refractivity contribution in [3.63, 3.8) is 0 Å². The Bertz CT molecular complexity index is 1710. The number of ketones is 2. The molecule has 17 heteroatoms. The van der Waals surface area contributed by atoms with E-state index in [1.807, 2.05) is 0 Å². The van der Waals surface area contributed by atoms with E-state index in [4.69, 9.17) is 0 Å². The maximum atomic E-state index is 13.9. The van der Waals surface area contributed by atoms with Gasteiger partial charge in [-0.3, -0.25) is 19.3 Å². The van der Waals surface area contributed by atoms with Crippen molar-refractivity contribution in [2.24, 2.45) is 10.3 Å². The normalized spacial score (nSPS) is 16.4. The summed E-state index contributed by atoms with van der Waals surface area (Å²) in [6, 6.07) is 6.84. The minimum Gasteiger partial charge on any atom is -0.338 e. The number of hydrogen-bond acceptors (Lipinski definition) is 8. The van der Waals surface area contributed by atoms with Crippen molar-refractivity contribution >= 4 is 57.0 Å². The Morgan fingerprint density at radius 1 is 0.646 bits per heavy atom. The first-order valence-electron chi connectivity index (χ1n) is 15.0. The van der Waals surface area contributed by atoms with Crippen molar-refractivity contribution in [3.8, 4) is 0 Å². The summed E-state index contributed by atoms with van der Waals surface area (Å²) < 4.78 is 85.4. The van der Waals surface area contributed by atoms with E-state index in [9.17, 15) is 45.5 Å². The number of halogens is 6. The predicted octanol–water partition coefficient (Wildman–Crippen LogP) is 7.04. The summed E-state index contributed by atoms with van der Waals surface area (Å²) in [6.45, 7) is 4.64. The van der Waals surface area contributed by atoms with Crippen LogP contribution in [-0.2, 0) is 9.68 Å². The lowest BCUT2D eigenvalue weighted by Crippen LogP contribution is -2.33. The van der Waals surface area contributed by atoms with Gasteiger partial charge in [0.05, 0.1) is 0 Å². The second-order valence-corrected chi connectivity index (χ2v) is 11.6. The zero-order valence-corrected chi connectivity index (χ0v) is 25.7. The van der Waals surface area contributed by atoms with Crippen LogP contribution in [0.4, 0.5) is 35.9 Å². The number of carbonyl (C=O) groups excluding carboxylic acids is 4. The van der Waals surface area contributed by atoms with Gasteiger partial charge >= 0.3 is 24.5 Å². The van der Waals surface area contributed by atoms with Crippen LogP contribution < -0.4 is 0 Å². The topological polar surface area (TPSA) is 123 Å². The molecule has 2 amide bonds. The van der Waals surface area contributed by atoms with Crippen LogP contribution in [-0.4, -0.2) is 88.1 Å². The van der Waals surface area contributed by atoms with E-state index in [0.29, 0.717) is 36.7 Å². The van der Waals surface area contributed by atoms with E-state index in [-0.39, 0.29) is 43.0 Å². The van der Waals surface area contributed by atoms with Crippen molar-refractivity contribution < 1.29 is 55.2 Å². The van der Waals surface area contributed by atoms with Crippen LogP contribution in [0.5, 0.6) is 0 Å². The van der Waals surface area contributed by atoms with Crippen molar-refractivity contribution in [1.82, 2.24) is 14.4 Å². The van der Waals surface area contributed by atoms with Crippen LogP contribution in [0.1, 0.15) is 66.3 Å². The molecular formula is C31H29F6N5O6. The summed E-state index contributed by atoms with van der Waals surface area (Å²) >= 11 is 0. The molecule has 11 nitrogen and oxygen atoms in total. The van der Waals surface area contributed by atoms with Crippen LogP contribution >= 0.6 is 0 Å². The quantitative estimate of drug-likeness (QED) is 0.0867. The number of rotatable bonds is 7. The Morgan fingerprint density at radius 2 is 1.00 bits per heavy atom. The zero-order valence-electron chi connectivity index (χ0n) is 25.7. The maximum absolute atomic E-state index is 13.9. The lowest BCUT2D eigenvalue weighted by atomic mass is 10.0. The summed E-state index contributed by atoms with van der Waals surface area (Å²) in [5.41, 5.74) is -4.21. The van der Waals surface area contributed by atoms with Gasteiger partial charge in [-0.2, -0.15) is 26.3 Å². The van der Waals surface area contributed by atoms with Crippen molar-refractivity contribution in [3.05, 3.63) is 47.5 Å². The number of benzene rings is 2. The van der Waals surface area contributed by atoms with Gasteiger partial charge in [0, 0.05) is 65.2 Å². The number of fused-ring (bicyclic) bond motifs is 3. The molecule has 0 spiro atoms. The average Bonchev–Trinajstić information content (AvgIpc) is 3.80. The van der Waals surface area contributed by atoms with Crippen LogP contribution in [0, 0.1) is 0 Å². The van der Waals surface area contributed by atoms with Crippen LogP contribution in [0.15, 0.2) is 46.7 Å². The lowest BCUT2D eigenvalue weighted by Gasteiger charge is -2.14. The summed E-state index contributed by atoms with van der Waals surface area (Å²) in [6.07, 6.45) is -10.3. The Balaban J connectivity index is 1.54. The molecule has 0 radical (unpaired) electrons. The highest BCUT2D eigenvalue weighted by Crippen LogP contribution is 2.35. The van der Waals surface area contributed by atoms with Crippen LogP contribution in [0.3, 0.4) is 0 Å². The van der Waals surface area contributed by atoms with Gasteiger partial charge in [-0.25, -0.2) is 9.59 Å². The first-order chi connectivity index (χ1) is 22.6. The molecule has 0 aliphatic carbocycles. The standard InChI is InChI=1S/C31H29F6N5O6/c1-17(2)42-22-9-7-18(24(43)26(30(32,33)34)38-47-28(45)40-11-3-4-12-40)15-20(22)21-16-19(8-10-23(21)42)25(44)27(31(35,36)37)39-48-29(46)41-13-5-6-14-41/h7-10,15-17H,3-6,11-14H2,1-2H3/b38-26-,39-27-. The molecule has 256 valence electrons. The van der Waals surface area contributed by atoms with E-state index in [2.05, 4.69) is 20.0 Å². The first kappa shape index (κ1) is 34.4. The highest BCUT2D eigenvalue weighted by molar-refractivity contribution is 6.49. The molecule has 0 saturated carbocycles. The van der Waals surface area contributed by atoms with Gasteiger partial charge in [-0.1, -0.05) is 10.3 Å². The number of nitrogens with zero attached hydrogens (tertiary/aromatic N) is 5. The van der Waals surface area contributed by atoms with Crippen molar-refractivity contribution in [2.45, 2.75) is 57.9 Å². The number of likely N-dealkylation sites (tertiary alicyclic amines) is 2. The Kier molecular flexibility index (Phi) is 9.51. The third-order valence-corrected chi connectivity index (χ3v) is 7.97. The van der Waals surface area contributed by atoms with E-state index in [1.165, 1.54) is 12.1 Å². The predicted molar refractivity (Wildman–Crippen MR) is 160 cm³/mol. The molecule has 0 unspecified atom stereocenters. The zero-order chi connectivity index (χ0) is 35.0. The van der Waals surface area contributed by atoms with E-state index in [1.54, 1.807) is 18.4 Å². The molecule has 5 rings (SSSR count). The average molecular weight is 682 g/mol. The van der Waals surface area contributed by atoms with Crippen LogP contribution in [0.2, 0.25) is 0 Å². The van der Waals surface area contributed by atoms with Gasteiger partial charge < -0.3 is 14.4 Å². The molecular weight excluding hydrogens is 652 g/mol. The fourth-order valence-corrected chi connectivity index (χ4v) is 5.69. The molecule has 2 aromatic carbocycles. The van der Waals surface area contributed by atoms with Gasteiger partial charge in [0.15, 0.2) is 0 Å². The van der Waals surface area contributed by atoms with Gasteiger partial charge in [-0.15, -0.1) is 0 Å². The van der Waals surface area contributed by atoms with Gasteiger partial charge in [0.2, 0.25) is 23.0 Å². The Labute approximate surface area is 268 Å². The van der Waals surface area contributed by atoms with Gasteiger partial charge in [0.1, 0.15) is 0 Å². The first-order valence-corrected chi connectivity index (χ1v) is 15.0. The highest BCUT2D eigenvalue weighted by atomic mass is 19.4. The largest absolute Gasteiger partial charge is 0.440 e. The van der Waals surface area contributed by atoms with Crippen molar-refractivity contribution in [1.29, 1.82) is 0 Å². The van der Waals surface area contributed by atoms with E-state index >= 15 is 0 Å². The monoisotopic (exact) mass is 681 g/mol. The minimum atomic E-state index is -5.31. The molecule has 0 N–H and O–H groups in total. The van der Waals surface area contributed by atoms with E-state index in [0.717, 1.165) is 34.1 Å². The molecule has 3 heterocycles. The number of oxime groups is 2. The number of Topliss-reactive ketones (excluding diaryl/α,β-unsaturated/α-hetero) is 2. The molecule has 0 bridgehead atoms. The van der Waals surface area contributed by atoms with Crippen molar-refractivity contribution in [2.75, 3.05) is 26.2 Å². The van der Waals surface area contributed by atoms with Gasteiger partial charge in [0.25, 0.3) is 0 Å². The highest BCUT2D eigenvalue weighted by Gasteiger charge is 2.44. The number of carbonyl (C=O) groups is 4. The smallest absolute Gasteiger partial charge is 0.338 e. The van der Waals surface area contributed by atoms with E-state index < -0.39 is 58.7 Å². The summed E-state index contributed by atoms with van der Waals surface area (Å²) in [4.78, 5) is 61.8. The number of hydrogen-bond donors (Lipinski definition) is 0. The molecule has 3 aromatic rings. The molecule has 48 heavy (non-hydrogen) atoms. The minimum absolute atomic E-state index is 0.140.